The van der Waals surface area contributed by atoms with E-state index >= 15 is 0 Å². The molecule has 0 fully saturated rings. The van der Waals surface area contributed by atoms with Crippen molar-refractivity contribution in [3.63, 3.8) is 0 Å². The first-order chi connectivity index (χ1) is 11.8. The van der Waals surface area contributed by atoms with Crippen LogP contribution in [-0.4, -0.2) is 15.5 Å². The van der Waals surface area contributed by atoms with Crippen LogP contribution >= 0.6 is 11.3 Å². The van der Waals surface area contributed by atoms with Crippen molar-refractivity contribution in [2.24, 2.45) is 5.10 Å². The zero-order chi connectivity index (χ0) is 16.8. The van der Waals surface area contributed by atoms with Gasteiger partial charge in [0.15, 0.2) is 0 Å². The molecule has 0 radical (unpaired) electrons. The minimum atomic E-state index is -0.266. The summed E-state index contributed by atoms with van der Waals surface area (Å²) in [5.41, 5.74) is 5.24. The zero-order valence-corrected chi connectivity index (χ0v) is 13.7. The summed E-state index contributed by atoms with van der Waals surface area (Å²) in [5, 5.41) is 6.29. The molecule has 0 aliphatic rings. The Morgan fingerprint density at radius 3 is 2.71 bits per heavy atom. The number of nitrogens with zero attached hydrogens (tertiary/aromatic N) is 3. The summed E-state index contributed by atoms with van der Waals surface area (Å²) >= 11 is 1.47. The molecule has 6 heteroatoms. The van der Waals surface area contributed by atoms with E-state index in [1.54, 1.807) is 24.5 Å². The summed E-state index contributed by atoms with van der Waals surface area (Å²) in [6.45, 7) is 4.41. The van der Waals surface area contributed by atoms with Gasteiger partial charge < -0.3 is 4.57 Å². The van der Waals surface area contributed by atoms with Gasteiger partial charge in [-0.25, -0.2) is 5.43 Å². The largest absolute Gasteiger partial charge is 0.311 e. The predicted octanol–water partition coefficient (Wildman–Crippen LogP) is 3.04. The molecule has 24 heavy (non-hydrogen) atoms. The lowest BCUT2D eigenvalue weighted by molar-refractivity contribution is 0.0953. The second kappa shape index (κ2) is 7.52. The molecule has 2 heterocycles. The molecule has 0 atom stereocenters. The van der Waals surface area contributed by atoms with E-state index in [0.29, 0.717) is 16.9 Å². The van der Waals surface area contributed by atoms with E-state index in [2.05, 4.69) is 22.1 Å². The van der Waals surface area contributed by atoms with Gasteiger partial charge in [0, 0.05) is 29.9 Å². The molecule has 0 aliphatic carbocycles. The highest BCUT2D eigenvalue weighted by atomic mass is 32.1. The number of thiazole rings is 1. The topological polar surface area (TPSA) is 59.3 Å². The molecule has 1 N–H and O–H groups in total. The van der Waals surface area contributed by atoms with Gasteiger partial charge in [-0.1, -0.05) is 36.4 Å². The van der Waals surface area contributed by atoms with Gasteiger partial charge in [0.25, 0.3) is 5.91 Å². The Morgan fingerprint density at radius 1 is 1.25 bits per heavy atom. The van der Waals surface area contributed by atoms with Crippen LogP contribution in [0.2, 0.25) is 0 Å². The molecule has 0 bridgehead atoms. The second-order valence-electron chi connectivity index (χ2n) is 4.96. The van der Waals surface area contributed by atoms with Crippen LogP contribution in [-0.2, 0) is 6.54 Å². The van der Waals surface area contributed by atoms with Gasteiger partial charge >= 0.3 is 0 Å². The number of benzene rings is 1. The Bertz CT molecular complexity index is 898. The van der Waals surface area contributed by atoms with Crippen molar-refractivity contribution in [1.29, 1.82) is 0 Å². The van der Waals surface area contributed by atoms with E-state index in [4.69, 9.17) is 0 Å². The van der Waals surface area contributed by atoms with Crippen molar-refractivity contribution in [3.05, 3.63) is 83.3 Å². The van der Waals surface area contributed by atoms with Crippen LogP contribution in [0.15, 0.2) is 78.0 Å². The fourth-order valence-corrected chi connectivity index (χ4v) is 3.11. The Balaban J connectivity index is 1.92. The molecule has 5 nitrogen and oxygen atoms in total. The summed E-state index contributed by atoms with van der Waals surface area (Å²) in [4.78, 5) is 16.7. The zero-order valence-electron chi connectivity index (χ0n) is 12.9. The van der Waals surface area contributed by atoms with Crippen molar-refractivity contribution in [3.8, 4) is 11.3 Å². The van der Waals surface area contributed by atoms with E-state index < -0.39 is 0 Å². The number of hydrogen-bond acceptors (Lipinski definition) is 4. The van der Waals surface area contributed by atoms with Crippen LogP contribution in [0.1, 0.15) is 10.4 Å². The van der Waals surface area contributed by atoms with Gasteiger partial charge in [-0.3, -0.25) is 9.78 Å². The average Bonchev–Trinajstić information content (AvgIpc) is 3.04. The Morgan fingerprint density at radius 2 is 2.00 bits per heavy atom. The van der Waals surface area contributed by atoms with Crippen molar-refractivity contribution < 1.29 is 4.79 Å². The van der Waals surface area contributed by atoms with E-state index in [9.17, 15) is 4.79 Å². The molecule has 2 aromatic heterocycles. The highest BCUT2D eigenvalue weighted by molar-refractivity contribution is 7.07. The Kier molecular flexibility index (Phi) is 4.98. The van der Waals surface area contributed by atoms with Gasteiger partial charge in [-0.2, -0.15) is 0 Å². The number of pyridine rings is 1. The van der Waals surface area contributed by atoms with Crippen LogP contribution in [0.25, 0.3) is 11.3 Å². The van der Waals surface area contributed by atoms with Crippen molar-refractivity contribution in [1.82, 2.24) is 15.0 Å². The number of hydrogen-bond donors (Lipinski definition) is 1. The SMILES string of the molecule is C=CCn1c(-c2ccccc2)cs/c1=N/NC(=O)c1ccncc1. The predicted molar refractivity (Wildman–Crippen MR) is 95.2 cm³/mol. The third-order valence-electron chi connectivity index (χ3n) is 3.37. The maximum Gasteiger partial charge on any atom is 0.271 e. The molecule has 0 unspecified atom stereocenters. The lowest BCUT2D eigenvalue weighted by Crippen LogP contribution is -2.24. The minimum absolute atomic E-state index is 0.266. The lowest BCUT2D eigenvalue weighted by atomic mass is 10.2. The fourth-order valence-electron chi connectivity index (χ4n) is 2.23. The molecule has 3 rings (SSSR count). The maximum absolute atomic E-state index is 12.1. The smallest absolute Gasteiger partial charge is 0.271 e. The molecule has 0 saturated carbocycles. The normalized spacial score (nSPS) is 11.2. The number of nitrogens with one attached hydrogen (secondary N) is 1. The first-order valence-corrected chi connectivity index (χ1v) is 8.26. The monoisotopic (exact) mass is 336 g/mol. The molecule has 120 valence electrons. The number of carbonyl (C=O) groups is 1. The van der Waals surface area contributed by atoms with Crippen molar-refractivity contribution in [2.75, 3.05) is 0 Å². The number of rotatable bonds is 5. The molecular weight excluding hydrogens is 320 g/mol. The molecular formula is C18H16N4OS. The number of aromatic nitrogens is 2. The summed E-state index contributed by atoms with van der Waals surface area (Å²) in [6.07, 6.45) is 4.96. The number of allylic oxidation sites excluding steroid dienone is 1. The molecule has 1 amide bonds. The third kappa shape index (κ3) is 3.49. The molecule has 0 saturated heterocycles. The molecule has 0 spiro atoms. The average molecular weight is 336 g/mol. The van der Waals surface area contributed by atoms with Crippen molar-refractivity contribution >= 4 is 17.2 Å². The fraction of sp³-hybridized carbons (Fsp3) is 0.0556. The second-order valence-corrected chi connectivity index (χ2v) is 5.79. The minimum Gasteiger partial charge on any atom is -0.311 e. The van der Waals surface area contributed by atoms with Gasteiger partial charge in [0.2, 0.25) is 4.80 Å². The van der Waals surface area contributed by atoms with Gasteiger partial charge in [-0.15, -0.1) is 23.0 Å². The molecule has 3 aromatic rings. The third-order valence-corrected chi connectivity index (χ3v) is 4.24. The van der Waals surface area contributed by atoms with Crippen LogP contribution in [0.5, 0.6) is 0 Å². The van der Waals surface area contributed by atoms with E-state index in [1.807, 2.05) is 46.4 Å². The first-order valence-electron chi connectivity index (χ1n) is 7.38. The Labute approximate surface area is 143 Å². The molecule has 0 aliphatic heterocycles. The van der Waals surface area contributed by atoms with Crippen molar-refractivity contribution in [2.45, 2.75) is 6.54 Å². The van der Waals surface area contributed by atoms with Gasteiger partial charge in [-0.05, 0) is 17.7 Å². The highest BCUT2D eigenvalue weighted by Crippen LogP contribution is 2.19. The van der Waals surface area contributed by atoms with E-state index in [0.717, 1.165) is 11.3 Å². The summed E-state index contributed by atoms with van der Waals surface area (Å²) in [7, 11) is 0. The summed E-state index contributed by atoms with van der Waals surface area (Å²) in [6, 6.07) is 13.3. The highest BCUT2D eigenvalue weighted by Gasteiger charge is 2.08. The summed E-state index contributed by atoms with van der Waals surface area (Å²) < 4.78 is 2.01. The first kappa shape index (κ1) is 15.9. The number of carbonyl (C=O) groups excluding carboxylic acids is 1. The van der Waals surface area contributed by atoms with Crippen LogP contribution < -0.4 is 10.2 Å². The Hall–Kier alpha value is -2.99. The summed E-state index contributed by atoms with van der Waals surface area (Å²) in [5.74, 6) is -0.266. The standard InChI is InChI=1S/C18H16N4OS/c1-2-12-22-16(14-6-4-3-5-7-14)13-24-18(22)21-20-17(23)15-8-10-19-11-9-15/h2-11,13H,1,12H2,(H,20,23)/b21-18+. The van der Waals surface area contributed by atoms with Gasteiger partial charge in [0.1, 0.15) is 0 Å². The van der Waals surface area contributed by atoms with E-state index in [-0.39, 0.29) is 5.91 Å². The molecule has 1 aromatic carbocycles. The number of amides is 1. The lowest BCUT2D eigenvalue weighted by Gasteiger charge is -2.06. The maximum atomic E-state index is 12.1. The quantitative estimate of drug-likeness (QED) is 0.575. The van der Waals surface area contributed by atoms with Gasteiger partial charge in [0.05, 0.1) is 5.69 Å². The van der Waals surface area contributed by atoms with Crippen LogP contribution in [0.4, 0.5) is 0 Å². The van der Waals surface area contributed by atoms with E-state index in [1.165, 1.54) is 11.3 Å². The van der Waals surface area contributed by atoms with Crippen LogP contribution in [0.3, 0.4) is 0 Å². The van der Waals surface area contributed by atoms with Crippen LogP contribution in [0, 0.1) is 0 Å².